The van der Waals surface area contributed by atoms with Gasteiger partial charge in [0.05, 0.1) is 11.0 Å². The van der Waals surface area contributed by atoms with Gasteiger partial charge in [-0.1, -0.05) is 19.1 Å². The number of fused-ring (bicyclic) bond motifs is 1. The van der Waals surface area contributed by atoms with Gasteiger partial charge in [0.25, 0.3) is 0 Å². The van der Waals surface area contributed by atoms with E-state index in [1.165, 1.54) is 30.6 Å². The number of hydrogen-bond donors (Lipinski definition) is 1. The summed E-state index contributed by atoms with van der Waals surface area (Å²) in [5.74, 6) is 1.93. The molecule has 3 nitrogen and oxygen atoms in total. The third-order valence-corrected chi connectivity index (χ3v) is 4.07. The lowest BCUT2D eigenvalue weighted by Gasteiger charge is -2.11. The maximum absolute atomic E-state index is 4.73. The van der Waals surface area contributed by atoms with E-state index in [4.69, 9.17) is 4.98 Å². The summed E-state index contributed by atoms with van der Waals surface area (Å²) in [5, 5.41) is 3.61. The van der Waals surface area contributed by atoms with Gasteiger partial charge in [-0.2, -0.15) is 0 Å². The quantitative estimate of drug-likeness (QED) is 0.862. The molecule has 19 heavy (non-hydrogen) atoms. The first-order chi connectivity index (χ1) is 9.24. The summed E-state index contributed by atoms with van der Waals surface area (Å²) in [7, 11) is 2.12. The lowest BCUT2D eigenvalue weighted by Crippen LogP contribution is -2.23. The van der Waals surface area contributed by atoms with Crippen LogP contribution in [0.15, 0.2) is 24.3 Å². The molecule has 1 heterocycles. The molecule has 3 rings (SSSR count). The highest BCUT2D eigenvalue weighted by molar-refractivity contribution is 5.75. The lowest BCUT2D eigenvalue weighted by atomic mass is 10.1. The van der Waals surface area contributed by atoms with Crippen LogP contribution in [0.3, 0.4) is 0 Å². The zero-order chi connectivity index (χ0) is 13.2. The number of rotatable bonds is 6. The second-order valence-corrected chi connectivity index (χ2v) is 5.90. The van der Waals surface area contributed by atoms with E-state index in [1.54, 1.807) is 0 Å². The van der Waals surface area contributed by atoms with Crippen molar-refractivity contribution >= 4 is 11.0 Å². The predicted octanol–water partition coefficient (Wildman–Crippen LogP) is 2.89. The van der Waals surface area contributed by atoms with Crippen molar-refractivity contribution in [1.82, 2.24) is 14.9 Å². The number of imidazole rings is 1. The molecule has 1 fully saturated rings. The Balaban J connectivity index is 1.59. The molecule has 1 N–H and O–H groups in total. The molecule has 0 bridgehead atoms. The van der Waals surface area contributed by atoms with Crippen LogP contribution in [0.25, 0.3) is 11.0 Å². The van der Waals surface area contributed by atoms with Crippen LogP contribution in [0, 0.1) is 5.92 Å². The van der Waals surface area contributed by atoms with Crippen molar-refractivity contribution in [3.63, 3.8) is 0 Å². The average molecular weight is 257 g/mol. The van der Waals surface area contributed by atoms with Crippen LogP contribution in [0.1, 0.15) is 32.0 Å². The van der Waals surface area contributed by atoms with Gasteiger partial charge < -0.3 is 9.88 Å². The fraction of sp³-hybridized carbons (Fsp3) is 0.562. The lowest BCUT2D eigenvalue weighted by molar-refractivity contribution is 0.473. The van der Waals surface area contributed by atoms with Crippen LogP contribution in [0.2, 0.25) is 0 Å². The third kappa shape index (κ3) is 2.98. The fourth-order valence-electron chi connectivity index (χ4n) is 2.55. The van der Waals surface area contributed by atoms with Gasteiger partial charge in [-0.3, -0.25) is 0 Å². The predicted molar refractivity (Wildman–Crippen MR) is 79.2 cm³/mol. The van der Waals surface area contributed by atoms with Gasteiger partial charge in [0.15, 0.2) is 0 Å². The molecule has 1 aromatic carbocycles. The van der Waals surface area contributed by atoms with E-state index < -0.39 is 0 Å². The minimum atomic E-state index is 0.723. The standard InChI is InChI=1S/C16H23N3/c1-12(11-17-13-8-9-13)7-10-16-18-14-5-3-4-6-15(14)19(16)2/h3-6,12-13,17H,7-11H2,1-2H3. The monoisotopic (exact) mass is 257 g/mol. The van der Waals surface area contributed by atoms with Gasteiger partial charge in [0, 0.05) is 19.5 Å². The van der Waals surface area contributed by atoms with Crippen LogP contribution in [0.5, 0.6) is 0 Å². The van der Waals surface area contributed by atoms with E-state index >= 15 is 0 Å². The Labute approximate surface area is 115 Å². The summed E-state index contributed by atoms with van der Waals surface area (Å²) in [6.07, 6.45) is 5.02. The van der Waals surface area contributed by atoms with Crippen molar-refractivity contribution in [1.29, 1.82) is 0 Å². The smallest absolute Gasteiger partial charge is 0.109 e. The van der Waals surface area contributed by atoms with Gasteiger partial charge in [0.1, 0.15) is 5.82 Å². The van der Waals surface area contributed by atoms with Crippen LogP contribution in [-0.4, -0.2) is 22.1 Å². The van der Waals surface area contributed by atoms with Crippen LogP contribution in [-0.2, 0) is 13.5 Å². The van der Waals surface area contributed by atoms with E-state index in [9.17, 15) is 0 Å². The number of para-hydroxylation sites is 2. The molecule has 2 aromatic rings. The number of nitrogens with zero attached hydrogens (tertiary/aromatic N) is 2. The molecule has 0 spiro atoms. The minimum Gasteiger partial charge on any atom is -0.331 e. The second kappa shape index (κ2) is 5.33. The highest BCUT2D eigenvalue weighted by atomic mass is 15.1. The Morgan fingerprint density at radius 3 is 2.89 bits per heavy atom. The first-order valence-electron chi connectivity index (χ1n) is 7.38. The molecule has 3 heteroatoms. The number of nitrogens with one attached hydrogen (secondary N) is 1. The summed E-state index contributed by atoms with van der Waals surface area (Å²) in [6.45, 7) is 3.48. The van der Waals surface area contributed by atoms with Gasteiger partial charge in [0.2, 0.25) is 0 Å². The third-order valence-electron chi connectivity index (χ3n) is 4.07. The van der Waals surface area contributed by atoms with Gasteiger partial charge in [-0.05, 0) is 43.9 Å². The zero-order valence-electron chi connectivity index (χ0n) is 11.9. The summed E-state index contributed by atoms with van der Waals surface area (Å²) >= 11 is 0. The minimum absolute atomic E-state index is 0.723. The summed E-state index contributed by atoms with van der Waals surface area (Å²) in [4.78, 5) is 4.73. The molecular weight excluding hydrogens is 234 g/mol. The Kier molecular flexibility index (Phi) is 3.56. The molecular formula is C16H23N3. The molecule has 1 atom stereocenters. The number of aryl methyl sites for hydroxylation is 2. The molecule has 0 saturated heterocycles. The zero-order valence-corrected chi connectivity index (χ0v) is 11.9. The van der Waals surface area contributed by atoms with Crippen LogP contribution >= 0.6 is 0 Å². The number of benzene rings is 1. The average Bonchev–Trinajstić information content (AvgIpc) is 3.20. The Morgan fingerprint density at radius 2 is 2.16 bits per heavy atom. The molecule has 1 unspecified atom stereocenters. The molecule has 0 aliphatic heterocycles. The number of hydrogen-bond acceptors (Lipinski definition) is 2. The van der Waals surface area contributed by atoms with E-state index in [0.29, 0.717) is 0 Å². The highest BCUT2D eigenvalue weighted by Gasteiger charge is 2.20. The topological polar surface area (TPSA) is 29.9 Å². The van der Waals surface area contributed by atoms with Crippen LogP contribution in [0.4, 0.5) is 0 Å². The molecule has 1 aliphatic carbocycles. The maximum atomic E-state index is 4.73. The maximum Gasteiger partial charge on any atom is 0.109 e. The number of aromatic nitrogens is 2. The summed E-state index contributed by atoms with van der Waals surface area (Å²) in [5.41, 5.74) is 2.35. The SMILES string of the molecule is CC(CCc1nc2ccccc2n1C)CNC1CC1. The highest BCUT2D eigenvalue weighted by Crippen LogP contribution is 2.20. The van der Waals surface area contributed by atoms with Crippen molar-refractivity contribution in [3.05, 3.63) is 30.1 Å². The molecule has 0 amide bonds. The Bertz CT molecular complexity index is 554. The van der Waals surface area contributed by atoms with E-state index in [-0.39, 0.29) is 0 Å². The van der Waals surface area contributed by atoms with Crippen LogP contribution < -0.4 is 5.32 Å². The second-order valence-electron chi connectivity index (χ2n) is 5.90. The molecule has 0 radical (unpaired) electrons. The molecule has 1 aromatic heterocycles. The van der Waals surface area contributed by atoms with Crippen molar-refractivity contribution in [2.75, 3.05) is 6.54 Å². The van der Waals surface area contributed by atoms with Crippen molar-refractivity contribution in [3.8, 4) is 0 Å². The molecule has 102 valence electrons. The first-order valence-corrected chi connectivity index (χ1v) is 7.38. The summed E-state index contributed by atoms with van der Waals surface area (Å²) < 4.78 is 2.23. The van der Waals surface area contributed by atoms with E-state index in [2.05, 4.69) is 48.1 Å². The Morgan fingerprint density at radius 1 is 1.37 bits per heavy atom. The fourth-order valence-corrected chi connectivity index (χ4v) is 2.55. The largest absolute Gasteiger partial charge is 0.331 e. The molecule has 1 saturated carbocycles. The summed E-state index contributed by atoms with van der Waals surface area (Å²) in [6, 6.07) is 9.19. The van der Waals surface area contributed by atoms with Gasteiger partial charge >= 0.3 is 0 Å². The molecule has 1 aliphatic rings. The van der Waals surface area contributed by atoms with Crippen molar-refractivity contribution in [2.24, 2.45) is 13.0 Å². The van der Waals surface area contributed by atoms with Crippen molar-refractivity contribution < 1.29 is 0 Å². The van der Waals surface area contributed by atoms with Gasteiger partial charge in [-0.25, -0.2) is 4.98 Å². The van der Waals surface area contributed by atoms with E-state index in [1.807, 2.05) is 0 Å². The Hall–Kier alpha value is -1.35. The normalized spacial score (nSPS) is 16.9. The van der Waals surface area contributed by atoms with Gasteiger partial charge in [-0.15, -0.1) is 0 Å². The van der Waals surface area contributed by atoms with Crippen molar-refractivity contribution in [2.45, 2.75) is 38.6 Å². The first kappa shape index (κ1) is 12.7. The van der Waals surface area contributed by atoms with E-state index in [0.717, 1.165) is 30.4 Å².